The summed E-state index contributed by atoms with van der Waals surface area (Å²) in [6.07, 6.45) is 0. The molecule has 1 fully saturated rings. The van der Waals surface area contributed by atoms with E-state index in [9.17, 15) is 13.2 Å². The second kappa shape index (κ2) is 10.1. The summed E-state index contributed by atoms with van der Waals surface area (Å²) in [6.45, 7) is 6.93. The maximum Gasteiger partial charge on any atom is 0.258 e. The molecule has 4 rings (SSSR count). The number of carbonyl (C=O) groups excluding carboxylic acids is 1. The summed E-state index contributed by atoms with van der Waals surface area (Å²) in [7, 11) is -1.96. The van der Waals surface area contributed by atoms with Crippen molar-refractivity contribution in [2.75, 3.05) is 38.1 Å². The Labute approximate surface area is 202 Å². The third-order valence-corrected chi connectivity index (χ3v) is 8.22. The smallest absolute Gasteiger partial charge is 0.258 e. The fourth-order valence-electron chi connectivity index (χ4n) is 4.29. The first-order valence-electron chi connectivity index (χ1n) is 11.5. The highest BCUT2D eigenvalue weighted by atomic mass is 32.2. The number of anilines is 1. The minimum Gasteiger partial charge on any atom is -0.311 e. The summed E-state index contributed by atoms with van der Waals surface area (Å²) in [5.74, 6) is -0.238. The topological polar surface area (TPSA) is 60.9 Å². The van der Waals surface area contributed by atoms with Gasteiger partial charge < -0.3 is 4.90 Å². The molecule has 3 aromatic rings. The van der Waals surface area contributed by atoms with Gasteiger partial charge in [-0.2, -0.15) is 4.31 Å². The van der Waals surface area contributed by atoms with Crippen LogP contribution >= 0.6 is 0 Å². The van der Waals surface area contributed by atoms with Gasteiger partial charge in [-0.25, -0.2) is 8.42 Å². The molecule has 0 radical (unpaired) electrons. The Morgan fingerprint density at radius 3 is 2.29 bits per heavy atom. The van der Waals surface area contributed by atoms with Crippen molar-refractivity contribution in [3.05, 3.63) is 95.1 Å². The SMILES string of the molecule is Cc1ccc(C)c(N(C)C(=O)c2cccc(S(=O)(=O)N3CCN(Cc4ccccc4)CC3)c2)c1. The second-order valence-electron chi connectivity index (χ2n) is 8.85. The average Bonchev–Trinajstić information content (AvgIpc) is 2.85. The Morgan fingerprint density at radius 2 is 1.59 bits per heavy atom. The third kappa shape index (κ3) is 5.22. The lowest BCUT2D eigenvalue weighted by Crippen LogP contribution is -2.48. The summed E-state index contributed by atoms with van der Waals surface area (Å²) in [4.78, 5) is 17.2. The molecule has 1 aliphatic heterocycles. The van der Waals surface area contributed by atoms with Crippen LogP contribution < -0.4 is 4.90 Å². The molecule has 178 valence electrons. The van der Waals surface area contributed by atoms with Crippen LogP contribution in [0.5, 0.6) is 0 Å². The number of carbonyl (C=O) groups is 1. The van der Waals surface area contributed by atoms with Gasteiger partial charge >= 0.3 is 0 Å². The molecule has 0 unspecified atom stereocenters. The maximum absolute atomic E-state index is 13.3. The standard InChI is InChI=1S/C27H31N3O3S/c1-21-12-13-22(2)26(18-21)28(3)27(31)24-10-7-11-25(19-24)34(32,33)30-16-14-29(15-17-30)20-23-8-5-4-6-9-23/h4-13,18-19H,14-17,20H2,1-3H3. The fourth-order valence-corrected chi connectivity index (χ4v) is 5.76. The van der Waals surface area contributed by atoms with E-state index in [2.05, 4.69) is 17.0 Å². The molecule has 0 aliphatic carbocycles. The zero-order valence-electron chi connectivity index (χ0n) is 19.9. The largest absolute Gasteiger partial charge is 0.311 e. The number of nitrogens with zero attached hydrogens (tertiary/aromatic N) is 3. The highest BCUT2D eigenvalue weighted by molar-refractivity contribution is 7.89. The molecule has 0 saturated carbocycles. The Hall–Kier alpha value is -3.00. The predicted octanol–water partition coefficient (Wildman–Crippen LogP) is 4.09. The number of aryl methyl sites for hydroxylation is 2. The summed E-state index contributed by atoms with van der Waals surface area (Å²) < 4.78 is 28.2. The summed E-state index contributed by atoms with van der Waals surface area (Å²) in [5.41, 5.74) is 4.43. The molecular formula is C27H31N3O3S. The van der Waals surface area contributed by atoms with Crippen LogP contribution in [0.2, 0.25) is 0 Å². The fraction of sp³-hybridized carbons (Fsp3) is 0.296. The molecule has 0 bridgehead atoms. The van der Waals surface area contributed by atoms with Crippen LogP contribution in [0, 0.1) is 13.8 Å². The van der Waals surface area contributed by atoms with Gasteiger partial charge in [0.15, 0.2) is 0 Å². The molecule has 0 aromatic heterocycles. The summed E-state index contributed by atoms with van der Waals surface area (Å²) in [6, 6.07) is 22.5. The van der Waals surface area contributed by atoms with Crippen molar-refractivity contribution >= 4 is 21.6 Å². The number of sulfonamides is 1. The van der Waals surface area contributed by atoms with Gasteiger partial charge in [0.2, 0.25) is 10.0 Å². The summed E-state index contributed by atoms with van der Waals surface area (Å²) in [5, 5.41) is 0. The monoisotopic (exact) mass is 477 g/mol. The quantitative estimate of drug-likeness (QED) is 0.537. The molecule has 0 N–H and O–H groups in total. The Morgan fingerprint density at radius 1 is 0.882 bits per heavy atom. The maximum atomic E-state index is 13.3. The highest BCUT2D eigenvalue weighted by Gasteiger charge is 2.29. The zero-order chi connectivity index (χ0) is 24.3. The van der Waals surface area contributed by atoms with E-state index in [0.717, 1.165) is 23.4 Å². The lowest BCUT2D eigenvalue weighted by molar-refractivity contribution is 0.0992. The van der Waals surface area contributed by atoms with Crippen LogP contribution in [-0.2, 0) is 16.6 Å². The highest BCUT2D eigenvalue weighted by Crippen LogP contribution is 2.24. The van der Waals surface area contributed by atoms with Gasteiger partial charge in [-0.1, -0.05) is 48.5 Å². The molecule has 0 spiro atoms. The van der Waals surface area contributed by atoms with Crippen LogP contribution in [0.25, 0.3) is 0 Å². The molecule has 1 aliphatic rings. The number of hydrogen-bond donors (Lipinski definition) is 0. The van der Waals surface area contributed by atoms with Crippen LogP contribution in [0.1, 0.15) is 27.0 Å². The minimum atomic E-state index is -3.68. The Bertz CT molecular complexity index is 1270. The van der Waals surface area contributed by atoms with Crippen molar-refractivity contribution in [1.82, 2.24) is 9.21 Å². The first kappa shape index (κ1) is 24.1. The van der Waals surface area contributed by atoms with Gasteiger partial charge in [-0.05, 0) is 54.8 Å². The van der Waals surface area contributed by atoms with Gasteiger partial charge in [-0.15, -0.1) is 0 Å². The lowest BCUT2D eigenvalue weighted by Gasteiger charge is -2.34. The molecule has 1 amide bonds. The van der Waals surface area contributed by atoms with Gasteiger partial charge in [0.05, 0.1) is 4.90 Å². The van der Waals surface area contributed by atoms with Crippen LogP contribution in [0.4, 0.5) is 5.69 Å². The first-order valence-corrected chi connectivity index (χ1v) is 12.9. The van der Waals surface area contributed by atoms with Gasteiger partial charge in [0.25, 0.3) is 5.91 Å². The van der Waals surface area contributed by atoms with Crippen molar-refractivity contribution in [1.29, 1.82) is 0 Å². The third-order valence-electron chi connectivity index (χ3n) is 6.33. The molecule has 7 heteroatoms. The van der Waals surface area contributed by atoms with E-state index < -0.39 is 10.0 Å². The van der Waals surface area contributed by atoms with Crippen molar-refractivity contribution < 1.29 is 13.2 Å². The average molecular weight is 478 g/mol. The second-order valence-corrected chi connectivity index (χ2v) is 10.8. The normalized spacial score (nSPS) is 15.3. The number of hydrogen-bond acceptors (Lipinski definition) is 4. The van der Waals surface area contributed by atoms with E-state index in [4.69, 9.17) is 0 Å². The number of rotatable bonds is 6. The van der Waals surface area contributed by atoms with Crippen LogP contribution in [0.3, 0.4) is 0 Å². The molecule has 1 heterocycles. The van der Waals surface area contributed by atoms with E-state index in [1.807, 2.05) is 50.2 Å². The van der Waals surface area contributed by atoms with E-state index >= 15 is 0 Å². The van der Waals surface area contributed by atoms with Crippen LogP contribution in [0.15, 0.2) is 77.7 Å². The van der Waals surface area contributed by atoms with E-state index in [0.29, 0.717) is 31.7 Å². The van der Waals surface area contributed by atoms with E-state index in [1.165, 1.54) is 15.9 Å². The molecular weight excluding hydrogens is 446 g/mol. The van der Waals surface area contributed by atoms with Crippen LogP contribution in [-0.4, -0.2) is 56.8 Å². The molecule has 0 atom stereocenters. The predicted molar refractivity (Wildman–Crippen MR) is 136 cm³/mol. The van der Waals surface area contributed by atoms with Gasteiger partial charge in [0, 0.05) is 51.0 Å². The number of piperazine rings is 1. The summed E-state index contributed by atoms with van der Waals surface area (Å²) >= 11 is 0. The van der Waals surface area contributed by atoms with Crippen molar-refractivity contribution in [2.24, 2.45) is 0 Å². The molecule has 6 nitrogen and oxygen atoms in total. The molecule has 3 aromatic carbocycles. The van der Waals surface area contributed by atoms with E-state index in [-0.39, 0.29) is 10.8 Å². The number of amides is 1. The van der Waals surface area contributed by atoms with Gasteiger partial charge in [0.1, 0.15) is 0 Å². The zero-order valence-corrected chi connectivity index (χ0v) is 20.8. The Balaban J connectivity index is 1.47. The first-order chi connectivity index (χ1) is 16.3. The Kier molecular flexibility index (Phi) is 7.16. The van der Waals surface area contributed by atoms with Crippen molar-refractivity contribution in [3.8, 4) is 0 Å². The lowest BCUT2D eigenvalue weighted by atomic mass is 10.1. The molecule has 1 saturated heterocycles. The minimum absolute atomic E-state index is 0.157. The van der Waals surface area contributed by atoms with Crippen molar-refractivity contribution in [3.63, 3.8) is 0 Å². The van der Waals surface area contributed by atoms with Gasteiger partial charge in [-0.3, -0.25) is 9.69 Å². The number of benzene rings is 3. The van der Waals surface area contributed by atoms with E-state index in [1.54, 1.807) is 30.1 Å². The molecule has 34 heavy (non-hydrogen) atoms. The van der Waals surface area contributed by atoms with Crippen molar-refractivity contribution in [2.45, 2.75) is 25.3 Å².